The van der Waals surface area contributed by atoms with Crippen LogP contribution in [0.4, 0.5) is 0 Å². The van der Waals surface area contributed by atoms with E-state index in [1.807, 2.05) is 0 Å². The Bertz CT molecular complexity index is 233. The molecule has 0 radical (unpaired) electrons. The van der Waals surface area contributed by atoms with Gasteiger partial charge in [0, 0.05) is 18.6 Å². The zero-order valence-corrected chi connectivity index (χ0v) is 12.6. The average Bonchev–Trinajstić information content (AvgIpc) is 2.99. The molecule has 0 aromatic heterocycles. The van der Waals surface area contributed by atoms with Crippen LogP contribution >= 0.6 is 0 Å². The molecule has 0 aromatic rings. The molecule has 0 aromatic carbocycles. The lowest BCUT2D eigenvalue weighted by Gasteiger charge is -2.38. The average molecular weight is 252 g/mol. The Kier molecular flexibility index (Phi) is 5.50. The predicted octanol–water partition coefficient (Wildman–Crippen LogP) is 3.28. The maximum Gasteiger partial charge on any atom is 0.0246 e. The first kappa shape index (κ1) is 14.3. The van der Waals surface area contributed by atoms with Crippen molar-refractivity contribution in [2.75, 3.05) is 19.6 Å². The van der Waals surface area contributed by atoms with Crippen molar-refractivity contribution in [3.8, 4) is 0 Å². The third kappa shape index (κ3) is 3.27. The number of hydrogen-bond acceptors (Lipinski definition) is 2. The Balaban J connectivity index is 1.98. The summed E-state index contributed by atoms with van der Waals surface area (Å²) in [5, 5.41) is 3.58. The van der Waals surface area contributed by atoms with Gasteiger partial charge in [0.05, 0.1) is 0 Å². The normalized spacial score (nSPS) is 28.3. The third-order valence-electron chi connectivity index (χ3n) is 5.09. The maximum atomic E-state index is 3.58. The van der Waals surface area contributed by atoms with Gasteiger partial charge in [0.1, 0.15) is 0 Å². The minimum atomic E-state index is 0.748. The first-order valence-corrected chi connectivity index (χ1v) is 8.20. The van der Waals surface area contributed by atoms with Crippen molar-refractivity contribution >= 4 is 0 Å². The Morgan fingerprint density at radius 2 is 1.83 bits per heavy atom. The van der Waals surface area contributed by atoms with Crippen LogP contribution in [-0.4, -0.2) is 36.6 Å². The summed E-state index contributed by atoms with van der Waals surface area (Å²) in [6.45, 7) is 10.6. The second-order valence-electron chi connectivity index (χ2n) is 6.61. The molecule has 2 rings (SSSR count). The molecular weight excluding hydrogens is 220 g/mol. The highest BCUT2D eigenvalue weighted by Crippen LogP contribution is 2.37. The van der Waals surface area contributed by atoms with Crippen molar-refractivity contribution in [2.24, 2.45) is 11.8 Å². The van der Waals surface area contributed by atoms with E-state index in [9.17, 15) is 0 Å². The van der Waals surface area contributed by atoms with Crippen LogP contribution in [0.15, 0.2) is 0 Å². The fraction of sp³-hybridized carbons (Fsp3) is 1.00. The standard InChI is InChI=1S/C16H32N2/c1-4-17-12-16(13(2)3)18-11-7-10-15(18)14-8-5-6-9-14/h13-17H,4-12H2,1-3H3. The summed E-state index contributed by atoms with van der Waals surface area (Å²) in [7, 11) is 0. The Hall–Kier alpha value is -0.0800. The smallest absolute Gasteiger partial charge is 0.0246 e. The fourth-order valence-corrected chi connectivity index (χ4v) is 4.10. The summed E-state index contributed by atoms with van der Waals surface area (Å²) in [5.74, 6) is 1.78. The van der Waals surface area contributed by atoms with Crippen molar-refractivity contribution in [2.45, 2.75) is 71.4 Å². The molecular formula is C16H32N2. The van der Waals surface area contributed by atoms with Crippen molar-refractivity contribution in [3.05, 3.63) is 0 Å². The Morgan fingerprint density at radius 3 is 2.44 bits per heavy atom. The Morgan fingerprint density at radius 1 is 1.11 bits per heavy atom. The molecule has 18 heavy (non-hydrogen) atoms. The molecule has 0 amide bonds. The molecule has 2 unspecified atom stereocenters. The monoisotopic (exact) mass is 252 g/mol. The first-order valence-electron chi connectivity index (χ1n) is 8.20. The minimum Gasteiger partial charge on any atom is -0.315 e. The zero-order chi connectivity index (χ0) is 13.0. The van der Waals surface area contributed by atoms with Gasteiger partial charge in [0.2, 0.25) is 0 Å². The number of likely N-dealkylation sites (tertiary alicyclic amines) is 1. The molecule has 1 saturated carbocycles. The lowest BCUT2D eigenvalue weighted by molar-refractivity contribution is 0.104. The molecule has 0 bridgehead atoms. The summed E-state index contributed by atoms with van der Waals surface area (Å²) in [6, 6.07) is 1.65. The van der Waals surface area contributed by atoms with Gasteiger partial charge in [0.15, 0.2) is 0 Å². The topological polar surface area (TPSA) is 15.3 Å². The third-order valence-corrected chi connectivity index (χ3v) is 5.09. The van der Waals surface area contributed by atoms with Gasteiger partial charge >= 0.3 is 0 Å². The van der Waals surface area contributed by atoms with E-state index in [4.69, 9.17) is 0 Å². The van der Waals surface area contributed by atoms with Gasteiger partial charge in [-0.05, 0) is 50.6 Å². The highest BCUT2D eigenvalue weighted by molar-refractivity contribution is 4.92. The number of nitrogens with zero attached hydrogens (tertiary/aromatic N) is 1. The fourth-order valence-electron chi connectivity index (χ4n) is 4.10. The van der Waals surface area contributed by atoms with E-state index >= 15 is 0 Å². The van der Waals surface area contributed by atoms with Crippen LogP contribution < -0.4 is 5.32 Å². The van der Waals surface area contributed by atoms with E-state index in [1.165, 1.54) is 51.6 Å². The van der Waals surface area contributed by atoms with Crippen molar-refractivity contribution in [3.63, 3.8) is 0 Å². The van der Waals surface area contributed by atoms with Crippen LogP contribution in [0, 0.1) is 11.8 Å². The van der Waals surface area contributed by atoms with E-state index in [2.05, 4.69) is 31.0 Å². The molecule has 2 fully saturated rings. The maximum absolute atomic E-state index is 3.58. The van der Waals surface area contributed by atoms with Crippen molar-refractivity contribution in [1.82, 2.24) is 10.2 Å². The van der Waals surface area contributed by atoms with E-state index in [0.717, 1.165) is 30.5 Å². The summed E-state index contributed by atoms with van der Waals surface area (Å²) in [6.07, 6.45) is 8.83. The first-order chi connectivity index (χ1) is 8.74. The van der Waals surface area contributed by atoms with E-state index in [-0.39, 0.29) is 0 Å². The largest absolute Gasteiger partial charge is 0.315 e. The van der Waals surface area contributed by atoms with Crippen LogP contribution in [0.2, 0.25) is 0 Å². The lowest BCUT2D eigenvalue weighted by atomic mass is 9.93. The lowest BCUT2D eigenvalue weighted by Crippen LogP contribution is -2.49. The number of nitrogens with one attached hydrogen (secondary N) is 1. The number of rotatable bonds is 6. The van der Waals surface area contributed by atoms with Gasteiger partial charge in [-0.15, -0.1) is 0 Å². The van der Waals surface area contributed by atoms with E-state index in [1.54, 1.807) is 0 Å². The van der Waals surface area contributed by atoms with Gasteiger partial charge in [-0.25, -0.2) is 0 Å². The van der Waals surface area contributed by atoms with Crippen LogP contribution in [0.1, 0.15) is 59.3 Å². The summed E-state index contributed by atoms with van der Waals surface area (Å²) >= 11 is 0. The molecule has 1 aliphatic carbocycles. The molecule has 106 valence electrons. The second-order valence-corrected chi connectivity index (χ2v) is 6.61. The van der Waals surface area contributed by atoms with E-state index < -0.39 is 0 Å². The summed E-state index contributed by atoms with van der Waals surface area (Å²) in [5.41, 5.74) is 0. The zero-order valence-electron chi connectivity index (χ0n) is 12.6. The number of likely N-dealkylation sites (N-methyl/N-ethyl adjacent to an activating group) is 1. The van der Waals surface area contributed by atoms with Crippen LogP contribution in [-0.2, 0) is 0 Å². The molecule has 2 heteroatoms. The molecule has 1 heterocycles. The summed E-state index contributed by atoms with van der Waals surface area (Å²) in [4.78, 5) is 2.86. The van der Waals surface area contributed by atoms with Crippen LogP contribution in [0.25, 0.3) is 0 Å². The molecule has 2 atom stereocenters. The molecule has 1 aliphatic heterocycles. The minimum absolute atomic E-state index is 0.748. The van der Waals surface area contributed by atoms with Gasteiger partial charge in [-0.2, -0.15) is 0 Å². The van der Waals surface area contributed by atoms with Gasteiger partial charge in [0.25, 0.3) is 0 Å². The van der Waals surface area contributed by atoms with Crippen molar-refractivity contribution < 1.29 is 0 Å². The molecule has 2 nitrogen and oxygen atoms in total. The molecule has 2 aliphatic rings. The van der Waals surface area contributed by atoms with Crippen LogP contribution in [0.5, 0.6) is 0 Å². The highest BCUT2D eigenvalue weighted by atomic mass is 15.2. The van der Waals surface area contributed by atoms with Gasteiger partial charge in [-0.3, -0.25) is 4.90 Å². The van der Waals surface area contributed by atoms with Crippen LogP contribution in [0.3, 0.4) is 0 Å². The van der Waals surface area contributed by atoms with Gasteiger partial charge < -0.3 is 5.32 Å². The Labute approximate surface area is 114 Å². The number of hydrogen-bond donors (Lipinski definition) is 1. The molecule has 0 spiro atoms. The van der Waals surface area contributed by atoms with E-state index in [0.29, 0.717) is 0 Å². The predicted molar refractivity (Wildman–Crippen MR) is 78.9 cm³/mol. The van der Waals surface area contributed by atoms with Crippen molar-refractivity contribution in [1.29, 1.82) is 0 Å². The highest BCUT2D eigenvalue weighted by Gasteiger charge is 2.37. The quantitative estimate of drug-likeness (QED) is 0.780. The second kappa shape index (κ2) is 6.91. The van der Waals surface area contributed by atoms with Gasteiger partial charge in [-0.1, -0.05) is 33.6 Å². The summed E-state index contributed by atoms with van der Waals surface area (Å²) < 4.78 is 0. The molecule has 1 N–H and O–H groups in total. The molecule has 1 saturated heterocycles. The SMILES string of the molecule is CCNCC(C(C)C)N1CCCC1C1CCCC1.